The molecule has 0 radical (unpaired) electrons. The van der Waals surface area contributed by atoms with Crippen LogP contribution in [0.1, 0.15) is 38.2 Å². The van der Waals surface area contributed by atoms with Crippen molar-refractivity contribution < 1.29 is 8.42 Å². The molecule has 1 unspecified atom stereocenters. The summed E-state index contributed by atoms with van der Waals surface area (Å²) in [6, 6.07) is 8.02. The molecule has 0 spiro atoms. The maximum Gasteiger partial charge on any atom is 0.243 e. The van der Waals surface area contributed by atoms with E-state index in [1.807, 2.05) is 12.1 Å². The van der Waals surface area contributed by atoms with Gasteiger partial charge in [0, 0.05) is 25.7 Å². The van der Waals surface area contributed by atoms with E-state index < -0.39 is 10.0 Å². The maximum absolute atomic E-state index is 12.6. The molecule has 21 heavy (non-hydrogen) atoms. The molecule has 5 heteroatoms. The summed E-state index contributed by atoms with van der Waals surface area (Å²) in [6.07, 6.45) is 4.61. The second-order valence-electron chi connectivity index (χ2n) is 6.41. The number of rotatable bonds is 5. The average Bonchev–Trinajstić information content (AvgIpc) is 3.30. The largest absolute Gasteiger partial charge is 0.310 e. The zero-order valence-corrected chi connectivity index (χ0v) is 13.4. The van der Waals surface area contributed by atoms with Gasteiger partial charge >= 0.3 is 0 Å². The van der Waals surface area contributed by atoms with Crippen LogP contribution in [0.2, 0.25) is 0 Å². The molecular weight excluding hydrogens is 284 g/mol. The Hall–Kier alpha value is -0.910. The van der Waals surface area contributed by atoms with Crippen molar-refractivity contribution in [2.24, 2.45) is 5.92 Å². The molecule has 2 aliphatic rings. The molecule has 2 fully saturated rings. The molecule has 0 bridgehead atoms. The molecule has 1 atom stereocenters. The van der Waals surface area contributed by atoms with E-state index in [0.717, 1.165) is 24.9 Å². The van der Waals surface area contributed by atoms with Gasteiger partial charge in [-0.1, -0.05) is 19.1 Å². The third kappa shape index (κ3) is 3.65. The smallest absolute Gasteiger partial charge is 0.243 e. The van der Waals surface area contributed by atoms with Gasteiger partial charge in [-0.2, -0.15) is 4.31 Å². The highest BCUT2D eigenvalue weighted by atomic mass is 32.2. The summed E-state index contributed by atoms with van der Waals surface area (Å²) in [4.78, 5) is 0.423. The minimum Gasteiger partial charge on any atom is -0.310 e. The molecule has 3 rings (SSSR count). The number of hydrogen-bond acceptors (Lipinski definition) is 3. The van der Waals surface area contributed by atoms with Crippen LogP contribution >= 0.6 is 0 Å². The molecule has 1 aliphatic carbocycles. The summed E-state index contributed by atoms with van der Waals surface area (Å²) in [5, 5.41) is 3.44. The lowest BCUT2D eigenvalue weighted by Gasteiger charge is -2.30. The van der Waals surface area contributed by atoms with Gasteiger partial charge in [-0.05, 0) is 49.3 Å². The molecule has 1 N–H and O–H groups in total. The van der Waals surface area contributed by atoms with E-state index in [-0.39, 0.29) is 0 Å². The highest BCUT2D eigenvalue weighted by molar-refractivity contribution is 7.89. The van der Waals surface area contributed by atoms with Crippen molar-refractivity contribution in [1.82, 2.24) is 9.62 Å². The first-order valence-corrected chi connectivity index (χ1v) is 9.32. The van der Waals surface area contributed by atoms with E-state index in [0.29, 0.717) is 29.9 Å². The number of nitrogens with one attached hydrogen (secondary N) is 1. The third-order valence-electron chi connectivity index (χ3n) is 4.35. The molecule has 4 nitrogen and oxygen atoms in total. The highest BCUT2D eigenvalue weighted by Crippen LogP contribution is 2.24. The SMILES string of the molecule is CC1CCCN(S(=O)(=O)c2ccc(CNC3CC3)cc2)C1. The van der Waals surface area contributed by atoms with Crippen LogP contribution in [0, 0.1) is 5.92 Å². The quantitative estimate of drug-likeness (QED) is 0.908. The van der Waals surface area contributed by atoms with Gasteiger partial charge < -0.3 is 5.32 Å². The van der Waals surface area contributed by atoms with Gasteiger partial charge in [0.05, 0.1) is 4.90 Å². The Labute approximate surface area is 127 Å². The Kier molecular flexibility index (Phi) is 4.33. The Morgan fingerprint density at radius 1 is 1.19 bits per heavy atom. The van der Waals surface area contributed by atoms with Gasteiger partial charge in [-0.3, -0.25) is 0 Å². The van der Waals surface area contributed by atoms with E-state index >= 15 is 0 Å². The van der Waals surface area contributed by atoms with Crippen molar-refractivity contribution in [3.8, 4) is 0 Å². The van der Waals surface area contributed by atoms with Crippen LogP contribution in [0.3, 0.4) is 0 Å². The van der Waals surface area contributed by atoms with Gasteiger partial charge in [-0.15, -0.1) is 0 Å². The Morgan fingerprint density at radius 2 is 1.90 bits per heavy atom. The summed E-state index contributed by atoms with van der Waals surface area (Å²) in [5.74, 6) is 0.454. The van der Waals surface area contributed by atoms with Gasteiger partial charge in [0.2, 0.25) is 10.0 Å². The van der Waals surface area contributed by atoms with Crippen LogP contribution in [0.4, 0.5) is 0 Å². The van der Waals surface area contributed by atoms with E-state index in [1.54, 1.807) is 16.4 Å². The van der Waals surface area contributed by atoms with Gasteiger partial charge in [0.1, 0.15) is 0 Å². The third-order valence-corrected chi connectivity index (χ3v) is 6.23. The highest BCUT2D eigenvalue weighted by Gasteiger charge is 2.28. The summed E-state index contributed by atoms with van der Waals surface area (Å²) >= 11 is 0. The summed E-state index contributed by atoms with van der Waals surface area (Å²) in [7, 11) is -3.32. The summed E-state index contributed by atoms with van der Waals surface area (Å²) in [5.41, 5.74) is 1.15. The van der Waals surface area contributed by atoms with E-state index in [2.05, 4.69) is 12.2 Å². The number of benzene rings is 1. The van der Waals surface area contributed by atoms with Crippen LogP contribution in [-0.4, -0.2) is 31.9 Å². The fraction of sp³-hybridized carbons (Fsp3) is 0.625. The first kappa shape index (κ1) is 15.0. The Bertz CT molecular complexity index is 579. The molecular formula is C16H24N2O2S. The second kappa shape index (κ2) is 6.07. The molecule has 1 aliphatic heterocycles. The van der Waals surface area contributed by atoms with Crippen molar-refractivity contribution in [2.45, 2.75) is 50.1 Å². The van der Waals surface area contributed by atoms with Crippen LogP contribution < -0.4 is 5.32 Å². The zero-order chi connectivity index (χ0) is 14.9. The fourth-order valence-electron chi connectivity index (χ4n) is 2.84. The van der Waals surface area contributed by atoms with Crippen LogP contribution in [-0.2, 0) is 16.6 Å². The average molecular weight is 308 g/mol. The van der Waals surface area contributed by atoms with Gasteiger partial charge in [0.15, 0.2) is 0 Å². The molecule has 0 amide bonds. The molecule has 1 saturated heterocycles. The molecule has 1 heterocycles. The predicted molar refractivity (Wildman–Crippen MR) is 83.5 cm³/mol. The molecule has 1 aromatic carbocycles. The van der Waals surface area contributed by atoms with Crippen molar-refractivity contribution in [1.29, 1.82) is 0 Å². The lowest BCUT2D eigenvalue weighted by molar-refractivity contribution is 0.281. The Morgan fingerprint density at radius 3 is 2.52 bits per heavy atom. The molecule has 116 valence electrons. The topological polar surface area (TPSA) is 49.4 Å². The predicted octanol–water partition coefficient (Wildman–Crippen LogP) is 2.36. The normalized spacial score (nSPS) is 24.1. The minimum atomic E-state index is -3.32. The number of piperidine rings is 1. The number of nitrogens with zero attached hydrogens (tertiary/aromatic N) is 1. The molecule has 1 saturated carbocycles. The first-order chi connectivity index (χ1) is 10.1. The van der Waals surface area contributed by atoms with E-state index in [9.17, 15) is 8.42 Å². The van der Waals surface area contributed by atoms with Crippen molar-refractivity contribution in [3.05, 3.63) is 29.8 Å². The first-order valence-electron chi connectivity index (χ1n) is 7.88. The number of sulfonamides is 1. The van der Waals surface area contributed by atoms with Crippen LogP contribution in [0.5, 0.6) is 0 Å². The fourth-order valence-corrected chi connectivity index (χ4v) is 4.44. The zero-order valence-electron chi connectivity index (χ0n) is 12.6. The minimum absolute atomic E-state index is 0.423. The number of hydrogen-bond donors (Lipinski definition) is 1. The maximum atomic E-state index is 12.6. The van der Waals surface area contributed by atoms with Gasteiger partial charge in [0.25, 0.3) is 0 Å². The van der Waals surface area contributed by atoms with Crippen molar-refractivity contribution >= 4 is 10.0 Å². The second-order valence-corrected chi connectivity index (χ2v) is 8.35. The van der Waals surface area contributed by atoms with E-state index in [1.165, 1.54) is 12.8 Å². The summed E-state index contributed by atoms with van der Waals surface area (Å²) < 4.78 is 26.9. The molecule has 0 aromatic heterocycles. The lowest BCUT2D eigenvalue weighted by atomic mass is 10.0. The van der Waals surface area contributed by atoms with Crippen LogP contribution in [0.25, 0.3) is 0 Å². The summed E-state index contributed by atoms with van der Waals surface area (Å²) in [6.45, 7) is 4.24. The van der Waals surface area contributed by atoms with Crippen molar-refractivity contribution in [3.63, 3.8) is 0 Å². The van der Waals surface area contributed by atoms with Gasteiger partial charge in [-0.25, -0.2) is 8.42 Å². The lowest BCUT2D eigenvalue weighted by Crippen LogP contribution is -2.39. The molecule has 1 aromatic rings. The Balaban J connectivity index is 1.69. The van der Waals surface area contributed by atoms with E-state index in [4.69, 9.17) is 0 Å². The van der Waals surface area contributed by atoms with Crippen LogP contribution in [0.15, 0.2) is 29.2 Å². The monoisotopic (exact) mass is 308 g/mol. The van der Waals surface area contributed by atoms with Crippen molar-refractivity contribution in [2.75, 3.05) is 13.1 Å². The standard InChI is InChI=1S/C16H24N2O2S/c1-13-3-2-10-18(12-13)21(19,20)16-8-4-14(5-9-16)11-17-15-6-7-15/h4-5,8-9,13,15,17H,2-3,6-7,10-12H2,1H3.